The van der Waals surface area contributed by atoms with Gasteiger partial charge in [-0.25, -0.2) is 4.79 Å². The molecule has 4 aliphatic rings. The maximum atomic E-state index is 13.8. The summed E-state index contributed by atoms with van der Waals surface area (Å²) >= 11 is 0. The Labute approximate surface area is 247 Å². The third-order valence-corrected chi connectivity index (χ3v) is 9.34. The Hall–Kier alpha value is -3.69. The molecule has 0 aromatic heterocycles. The van der Waals surface area contributed by atoms with E-state index in [1.54, 1.807) is 35.2 Å². The molecule has 2 saturated carbocycles. The predicted molar refractivity (Wildman–Crippen MR) is 160 cm³/mol. The molecule has 0 bridgehead atoms. The predicted octanol–water partition coefficient (Wildman–Crippen LogP) is 4.28. The van der Waals surface area contributed by atoms with Crippen LogP contribution in [0.15, 0.2) is 36.4 Å². The van der Waals surface area contributed by atoms with E-state index in [-0.39, 0.29) is 29.2 Å². The standard InChI is InChI=1S/C32H43N5O5/c1-30(2,3)36-29(42)37-20-32(19-31(32)16-11-17-31)18-24(37)27(40)35-23-14-7-5-4-6-8-15-25(38)33-21-12-9-10-13-22(21)34-28(41)26(23)39/h5,7,9-10,12-13,23-24H,4,6,8,11,14-20H2,1-3H3,(H,33,38)(H,34,41)(H,35,40)(H,36,42)/b7-5+/t23-,24+,32+/m1/s1. The minimum Gasteiger partial charge on any atom is -0.344 e. The second kappa shape index (κ2) is 11.5. The number of rotatable bonds is 2. The van der Waals surface area contributed by atoms with E-state index in [4.69, 9.17) is 0 Å². The lowest BCUT2D eigenvalue weighted by atomic mass is 9.74. The van der Waals surface area contributed by atoms with Crippen molar-refractivity contribution in [2.45, 2.75) is 103 Å². The van der Waals surface area contributed by atoms with Crippen LogP contribution in [0.1, 0.15) is 85.0 Å². The molecule has 5 rings (SSSR count). The first-order valence-electron chi connectivity index (χ1n) is 15.2. The molecule has 3 fully saturated rings. The Morgan fingerprint density at radius 2 is 1.67 bits per heavy atom. The lowest BCUT2D eigenvalue weighted by Crippen LogP contribution is -2.56. The Kier molecular flexibility index (Phi) is 8.18. The topological polar surface area (TPSA) is 137 Å². The summed E-state index contributed by atoms with van der Waals surface area (Å²) in [6.45, 7) is 6.23. The van der Waals surface area contributed by atoms with Crippen molar-refractivity contribution in [3.8, 4) is 0 Å². The number of amides is 5. The number of hydrogen-bond acceptors (Lipinski definition) is 5. The molecule has 1 aromatic carbocycles. The number of likely N-dealkylation sites (tertiary alicyclic amines) is 1. The quantitative estimate of drug-likeness (QED) is 0.307. The van der Waals surface area contributed by atoms with Gasteiger partial charge in [-0.2, -0.15) is 0 Å². The van der Waals surface area contributed by atoms with Crippen LogP contribution in [0, 0.1) is 10.8 Å². The Morgan fingerprint density at radius 3 is 2.31 bits per heavy atom. The highest BCUT2D eigenvalue weighted by molar-refractivity contribution is 6.43. The van der Waals surface area contributed by atoms with Crippen molar-refractivity contribution in [2.24, 2.45) is 10.8 Å². The van der Waals surface area contributed by atoms with Crippen molar-refractivity contribution in [3.05, 3.63) is 36.4 Å². The molecule has 10 nitrogen and oxygen atoms in total. The number of fused-ring (bicyclic) bond motifs is 2. The zero-order valence-electron chi connectivity index (χ0n) is 24.9. The number of carbonyl (C=O) groups excluding carboxylic acids is 5. The maximum Gasteiger partial charge on any atom is 0.318 e. The van der Waals surface area contributed by atoms with Crippen LogP contribution < -0.4 is 21.3 Å². The molecule has 2 aliphatic heterocycles. The van der Waals surface area contributed by atoms with E-state index in [1.165, 1.54) is 6.42 Å². The van der Waals surface area contributed by atoms with E-state index < -0.39 is 35.2 Å². The molecule has 2 spiro atoms. The van der Waals surface area contributed by atoms with Gasteiger partial charge in [0.25, 0.3) is 5.91 Å². The number of ketones is 1. The molecule has 1 aromatic rings. The van der Waals surface area contributed by atoms with Crippen molar-refractivity contribution in [1.82, 2.24) is 15.5 Å². The van der Waals surface area contributed by atoms with Gasteiger partial charge in [0.15, 0.2) is 0 Å². The van der Waals surface area contributed by atoms with Crippen LogP contribution in [0.3, 0.4) is 0 Å². The second-order valence-electron chi connectivity index (χ2n) is 13.5. The summed E-state index contributed by atoms with van der Waals surface area (Å²) < 4.78 is 0. The van der Waals surface area contributed by atoms with Crippen LogP contribution >= 0.6 is 0 Å². The van der Waals surface area contributed by atoms with Gasteiger partial charge >= 0.3 is 6.03 Å². The Balaban J connectivity index is 1.35. The van der Waals surface area contributed by atoms with Crippen LogP contribution in [-0.2, 0) is 19.2 Å². The van der Waals surface area contributed by atoms with E-state index in [0.29, 0.717) is 43.6 Å². The fraction of sp³-hybridized carbons (Fsp3) is 0.594. The largest absolute Gasteiger partial charge is 0.344 e. The SMILES string of the molecule is CC(C)(C)NC(=O)N1C[C@]2(C[C@H]1C(=O)N[C@@H]1C/C=C/CCCCC(=O)Nc3ccccc3NC(=O)C1=O)CC21CCC1. The monoisotopic (exact) mass is 577 g/mol. The van der Waals surface area contributed by atoms with Crippen LogP contribution in [0.25, 0.3) is 0 Å². The van der Waals surface area contributed by atoms with E-state index >= 15 is 0 Å². The van der Waals surface area contributed by atoms with Crippen molar-refractivity contribution < 1.29 is 24.0 Å². The summed E-state index contributed by atoms with van der Waals surface area (Å²) in [4.78, 5) is 67.9. The Bertz CT molecular complexity index is 1300. The average molecular weight is 578 g/mol. The van der Waals surface area contributed by atoms with Crippen LogP contribution in [0.5, 0.6) is 0 Å². The van der Waals surface area contributed by atoms with Crippen molar-refractivity contribution in [3.63, 3.8) is 0 Å². The van der Waals surface area contributed by atoms with Gasteiger partial charge in [0.05, 0.1) is 11.4 Å². The number of para-hydroxylation sites is 2. The molecule has 3 atom stereocenters. The van der Waals surface area contributed by atoms with Gasteiger partial charge in [0.2, 0.25) is 17.6 Å². The van der Waals surface area contributed by atoms with E-state index in [1.807, 2.05) is 26.8 Å². The number of allylic oxidation sites excluding steroid dienone is 1. The number of hydrogen-bond donors (Lipinski definition) is 4. The molecule has 4 N–H and O–H groups in total. The number of urea groups is 1. The molecule has 0 unspecified atom stereocenters. The smallest absolute Gasteiger partial charge is 0.318 e. The zero-order valence-corrected chi connectivity index (χ0v) is 24.9. The van der Waals surface area contributed by atoms with Crippen LogP contribution in [0.2, 0.25) is 0 Å². The molecule has 2 heterocycles. The molecular formula is C32H43N5O5. The highest BCUT2D eigenvalue weighted by Crippen LogP contribution is 2.77. The van der Waals surface area contributed by atoms with Gasteiger partial charge in [0.1, 0.15) is 12.1 Å². The first-order chi connectivity index (χ1) is 19.9. The van der Waals surface area contributed by atoms with Gasteiger partial charge in [-0.1, -0.05) is 30.7 Å². The maximum absolute atomic E-state index is 13.8. The normalized spacial score (nSPS) is 28.5. The minimum absolute atomic E-state index is 0.0559. The number of Topliss-reactive ketones (excluding diaryl/α,β-unsaturated/α-hetero) is 1. The highest BCUT2D eigenvalue weighted by atomic mass is 16.2. The summed E-state index contributed by atoms with van der Waals surface area (Å²) in [5.74, 6) is -2.25. The lowest BCUT2D eigenvalue weighted by molar-refractivity contribution is -0.137. The number of carbonyl (C=O) groups is 5. The third kappa shape index (κ3) is 6.22. The number of benzene rings is 1. The minimum atomic E-state index is -1.10. The number of nitrogens with one attached hydrogen (secondary N) is 4. The Morgan fingerprint density at radius 1 is 0.952 bits per heavy atom. The average Bonchev–Trinajstić information content (AvgIpc) is 3.40. The number of nitrogens with zero attached hydrogens (tertiary/aromatic N) is 1. The summed E-state index contributed by atoms with van der Waals surface area (Å²) in [6.07, 6.45) is 11.4. The van der Waals surface area contributed by atoms with E-state index in [2.05, 4.69) is 21.3 Å². The first-order valence-corrected chi connectivity index (χ1v) is 15.2. The molecule has 2 aliphatic carbocycles. The second-order valence-corrected chi connectivity index (χ2v) is 13.5. The van der Waals surface area contributed by atoms with Crippen molar-refractivity contribution in [2.75, 3.05) is 17.2 Å². The van der Waals surface area contributed by atoms with Gasteiger partial charge in [-0.05, 0) is 95.1 Å². The molecule has 10 heteroatoms. The summed E-state index contributed by atoms with van der Waals surface area (Å²) in [6, 6.07) is 4.61. The molecule has 42 heavy (non-hydrogen) atoms. The summed E-state index contributed by atoms with van der Waals surface area (Å²) in [7, 11) is 0. The van der Waals surface area contributed by atoms with Gasteiger partial charge in [-0.3, -0.25) is 19.2 Å². The highest BCUT2D eigenvalue weighted by Gasteiger charge is 2.73. The molecule has 226 valence electrons. The molecule has 0 radical (unpaired) electrons. The fourth-order valence-corrected chi connectivity index (χ4v) is 6.90. The third-order valence-electron chi connectivity index (χ3n) is 9.34. The van der Waals surface area contributed by atoms with Gasteiger partial charge < -0.3 is 26.2 Å². The molecule has 1 saturated heterocycles. The van der Waals surface area contributed by atoms with Crippen molar-refractivity contribution in [1.29, 1.82) is 0 Å². The lowest BCUT2D eigenvalue weighted by Gasteiger charge is -2.31. The van der Waals surface area contributed by atoms with E-state index in [9.17, 15) is 24.0 Å². The number of anilines is 2. The molecule has 5 amide bonds. The fourth-order valence-electron chi connectivity index (χ4n) is 6.90. The molecular weight excluding hydrogens is 534 g/mol. The first kappa shape index (κ1) is 29.8. The van der Waals surface area contributed by atoms with Gasteiger partial charge in [0, 0.05) is 18.5 Å². The van der Waals surface area contributed by atoms with E-state index in [0.717, 1.165) is 25.7 Å². The van der Waals surface area contributed by atoms with Gasteiger partial charge in [-0.15, -0.1) is 0 Å². The van der Waals surface area contributed by atoms with Crippen LogP contribution in [-0.4, -0.2) is 58.6 Å². The van der Waals surface area contributed by atoms with Crippen LogP contribution in [0.4, 0.5) is 16.2 Å². The van der Waals surface area contributed by atoms with Crippen molar-refractivity contribution >= 4 is 40.9 Å². The summed E-state index contributed by atoms with van der Waals surface area (Å²) in [5, 5.41) is 11.3. The summed E-state index contributed by atoms with van der Waals surface area (Å²) in [5.41, 5.74) is 0.418. The zero-order chi connectivity index (χ0) is 30.1.